The van der Waals surface area contributed by atoms with Gasteiger partial charge in [-0.15, -0.1) is 0 Å². The molecule has 1 amide bonds. The molecule has 12 heteroatoms. The van der Waals surface area contributed by atoms with Crippen LogP contribution in [-0.2, 0) is 13.2 Å². The number of anilines is 1. The highest BCUT2D eigenvalue weighted by molar-refractivity contribution is 9.10. The van der Waals surface area contributed by atoms with E-state index in [9.17, 15) is 28.1 Å². The Kier molecular flexibility index (Phi) is 4.85. The molecular formula is C12H7BrClF3N4O3. The number of carbonyl (C=O) groups is 1. The van der Waals surface area contributed by atoms with Gasteiger partial charge in [-0.05, 0) is 22.0 Å². The van der Waals surface area contributed by atoms with Gasteiger partial charge in [0.1, 0.15) is 0 Å². The Morgan fingerprint density at radius 1 is 1.46 bits per heavy atom. The highest BCUT2D eigenvalue weighted by Gasteiger charge is 2.39. The normalized spacial score (nSPS) is 11.4. The van der Waals surface area contributed by atoms with Crippen LogP contribution in [0.3, 0.4) is 0 Å². The average Bonchev–Trinajstić information content (AvgIpc) is 2.75. The van der Waals surface area contributed by atoms with Gasteiger partial charge >= 0.3 is 6.18 Å². The van der Waals surface area contributed by atoms with Crippen LogP contribution in [0.15, 0.2) is 22.7 Å². The van der Waals surface area contributed by atoms with Crippen LogP contribution in [0.1, 0.15) is 16.2 Å². The fourth-order valence-corrected chi connectivity index (χ4v) is 2.76. The van der Waals surface area contributed by atoms with Gasteiger partial charge < -0.3 is 5.32 Å². The molecule has 0 atom stereocenters. The summed E-state index contributed by atoms with van der Waals surface area (Å²) < 4.78 is 38.7. The predicted octanol–water partition coefficient (Wildman–Crippen LogP) is 4.02. The fraction of sp³-hybridized carbons (Fsp3) is 0.167. The summed E-state index contributed by atoms with van der Waals surface area (Å²) in [6.07, 6.45) is -4.72. The Morgan fingerprint density at radius 3 is 2.58 bits per heavy atom. The van der Waals surface area contributed by atoms with E-state index >= 15 is 0 Å². The number of alkyl halides is 3. The third-order valence-corrected chi connectivity index (χ3v) is 3.96. The smallest absolute Gasteiger partial charge is 0.319 e. The molecule has 1 aromatic heterocycles. The van der Waals surface area contributed by atoms with Gasteiger partial charge in [-0.25, -0.2) is 0 Å². The minimum absolute atomic E-state index is 0.0166. The number of aromatic nitrogens is 2. The summed E-state index contributed by atoms with van der Waals surface area (Å²) in [4.78, 5) is 22.2. The van der Waals surface area contributed by atoms with E-state index in [1.54, 1.807) is 0 Å². The quantitative estimate of drug-likeness (QED) is 0.592. The first-order valence-electron chi connectivity index (χ1n) is 6.07. The Morgan fingerprint density at radius 2 is 2.08 bits per heavy atom. The Labute approximate surface area is 145 Å². The van der Waals surface area contributed by atoms with Crippen molar-refractivity contribution in [2.24, 2.45) is 7.05 Å². The number of non-ortho nitro benzene ring substituents is 1. The molecule has 1 aromatic carbocycles. The zero-order valence-corrected chi connectivity index (χ0v) is 14.0. The Balaban J connectivity index is 2.38. The number of nitro benzene ring substituents is 1. The molecule has 1 N–H and O–H groups in total. The second-order valence-corrected chi connectivity index (χ2v) is 5.71. The second kappa shape index (κ2) is 6.40. The van der Waals surface area contributed by atoms with E-state index in [1.165, 1.54) is 6.07 Å². The van der Waals surface area contributed by atoms with Gasteiger partial charge in [0.15, 0.2) is 11.4 Å². The minimum Gasteiger partial charge on any atom is -0.319 e. The summed E-state index contributed by atoms with van der Waals surface area (Å²) in [5.74, 6) is -1.00. The number of halogens is 5. The molecule has 0 aliphatic rings. The number of amides is 1. The molecule has 0 aliphatic carbocycles. The van der Waals surface area contributed by atoms with Crippen LogP contribution in [0.25, 0.3) is 0 Å². The topological polar surface area (TPSA) is 90.1 Å². The summed E-state index contributed by atoms with van der Waals surface area (Å²) in [5.41, 5.74) is -2.14. The van der Waals surface area contributed by atoms with Crippen molar-refractivity contribution in [3.63, 3.8) is 0 Å². The summed E-state index contributed by atoms with van der Waals surface area (Å²) >= 11 is 8.53. The van der Waals surface area contributed by atoms with Crippen molar-refractivity contribution in [2.75, 3.05) is 5.32 Å². The average molecular weight is 428 g/mol. The van der Waals surface area contributed by atoms with E-state index in [0.29, 0.717) is 4.68 Å². The van der Waals surface area contributed by atoms with Gasteiger partial charge in [-0.1, -0.05) is 11.6 Å². The van der Waals surface area contributed by atoms with E-state index in [-0.39, 0.29) is 16.4 Å². The van der Waals surface area contributed by atoms with Crippen LogP contribution in [0.2, 0.25) is 5.02 Å². The lowest BCUT2D eigenvalue weighted by atomic mass is 10.2. The van der Waals surface area contributed by atoms with Gasteiger partial charge in [0.25, 0.3) is 11.6 Å². The molecule has 0 spiro atoms. The molecule has 128 valence electrons. The number of nitrogens with zero attached hydrogens (tertiary/aromatic N) is 3. The zero-order valence-electron chi connectivity index (χ0n) is 11.7. The minimum atomic E-state index is -4.72. The molecule has 1 heterocycles. The van der Waals surface area contributed by atoms with Crippen LogP contribution in [0, 0.1) is 10.1 Å². The van der Waals surface area contributed by atoms with Gasteiger partial charge in [0.05, 0.1) is 20.1 Å². The first-order valence-corrected chi connectivity index (χ1v) is 7.24. The van der Waals surface area contributed by atoms with E-state index in [2.05, 4.69) is 26.3 Å². The first kappa shape index (κ1) is 18.2. The lowest BCUT2D eigenvalue weighted by Gasteiger charge is -2.07. The summed E-state index contributed by atoms with van der Waals surface area (Å²) in [6, 6.07) is 3.29. The van der Waals surface area contributed by atoms with E-state index in [0.717, 1.165) is 19.2 Å². The SMILES string of the molecule is Cn1nc(C(=O)Nc2cc([N+](=O)[O-])ccc2Cl)c(Br)c1C(F)(F)F. The summed E-state index contributed by atoms with van der Waals surface area (Å²) in [6.45, 7) is 0. The molecule has 0 unspecified atom stereocenters. The van der Waals surface area contributed by atoms with Crippen molar-refractivity contribution in [1.82, 2.24) is 9.78 Å². The maximum atomic E-state index is 12.9. The Bertz CT molecular complexity index is 838. The molecule has 0 saturated carbocycles. The molecular weight excluding hydrogens is 421 g/mol. The lowest BCUT2D eigenvalue weighted by molar-refractivity contribution is -0.384. The summed E-state index contributed by atoms with van der Waals surface area (Å²) in [7, 11) is 1.03. The van der Waals surface area contributed by atoms with Crippen LogP contribution >= 0.6 is 27.5 Å². The number of carbonyl (C=O) groups excluding carboxylic acids is 1. The predicted molar refractivity (Wildman–Crippen MR) is 82.0 cm³/mol. The first-order chi connectivity index (χ1) is 11.0. The van der Waals surface area contributed by atoms with Gasteiger partial charge in [0, 0.05) is 19.2 Å². The van der Waals surface area contributed by atoms with Gasteiger partial charge in [0.2, 0.25) is 0 Å². The molecule has 2 rings (SSSR count). The van der Waals surface area contributed by atoms with Crippen molar-refractivity contribution in [1.29, 1.82) is 0 Å². The molecule has 0 bridgehead atoms. The highest BCUT2D eigenvalue weighted by Crippen LogP contribution is 2.36. The summed E-state index contributed by atoms with van der Waals surface area (Å²) in [5, 5.41) is 16.4. The van der Waals surface area contributed by atoms with Crippen LogP contribution in [0.5, 0.6) is 0 Å². The monoisotopic (exact) mass is 426 g/mol. The van der Waals surface area contributed by atoms with Crippen molar-refractivity contribution in [3.8, 4) is 0 Å². The lowest BCUT2D eigenvalue weighted by Crippen LogP contribution is -2.14. The molecule has 7 nitrogen and oxygen atoms in total. The molecule has 0 aliphatic heterocycles. The molecule has 0 radical (unpaired) electrons. The number of nitrogens with one attached hydrogen (secondary N) is 1. The van der Waals surface area contributed by atoms with E-state index < -0.39 is 32.9 Å². The molecule has 24 heavy (non-hydrogen) atoms. The fourth-order valence-electron chi connectivity index (χ4n) is 1.86. The van der Waals surface area contributed by atoms with Gasteiger partial charge in [-0.3, -0.25) is 19.6 Å². The van der Waals surface area contributed by atoms with E-state index in [1.807, 2.05) is 0 Å². The van der Waals surface area contributed by atoms with Crippen molar-refractivity contribution < 1.29 is 22.9 Å². The van der Waals surface area contributed by atoms with Crippen LogP contribution in [-0.4, -0.2) is 20.6 Å². The maximum Gasteiger partial charge on any atom is 0.434 e. The standard InChI is InChI=1S/C12H7BrClF3N4O3/c1-20-10(12(15,16)17)8(13)9(19-20)11(22)18-7-4-5(21(23)24)2-3-6(7)14/h2-4H,1H3,(H,18,22). The number of aryl methyl sites for hydroxylation is 1. The number of rotatable bonds is 3. The molecule has 0 fully saturated rings. The highest BCUT2D eigenvalue weighted by atomic mass is 79.9. The van der Waals surface area contributed by atoms with Crippen LogP contribution in [0.4, 0.5) is 24.5 Å². The number of nitro groups is 1. The third kappa shape index (κ3) is 3.51. The van der Waals surface area contributed by atoms with Gasteiger partial charge in [-0.2, -0.15) is 18.3 Å². The van der Waals surface area contributed by atoms with Crippen molar-refractivity contribution in [2.45, 2.75) is 6.18 Å². The van der Waals surface area contributed by atoms with Crippen LogP contribution < -0.4 is 5.32 Å². The number of hydrogen-bond donors (Lipinski definition) is 1. The number of benzene rings is 1. The third-order valence-electron chi connectivity index (χ3n) is 2.88. The zero-order chi connectivity index (χ0) is 18.2. The van der Waals surface area contributed by atoms with E-state index in [4.69, 9.17) is 11.6 Å². The maximum absolute atomic E-state index is 12.9. The largest absolute Gasteiger partial charge is 0.434 e. The van der Waals surface area contributed by atoms with Crippen molar-refractivity contribution in [3.05, 3.63) is 49.2 Å². The number of hydrogen-bond acceptors (Lipinski definition) is 4. The molecule has 0 saturated heterocycles. The second-order valence-electron chi connectivity index (χ2n) is 4.51. The Hall–Kier alpha value is -2.14. The molecule has 2 aromatic rings. The van der Waals surface area contributed by atoms with Crippen molar-refractivity contribution >= 4 is 44.8 Å².